The van der Waals surface area contributed by atoms with Crippen molar-refractivity contribution >= 4 is 54.7 Å². The van der Waals surface area contributed by atoms with Gasteiger partial charge in [0.1, 0.15) is 29.0 Å². The number of rotatable bonds is 7. The zero-order chi connectivity index (χ0) is 35.0. The fourth-order valence-electron chi connectivity index (χ4n) is 8.29. The van der Waals surface area contributed by atoms with Crippen LogP contribution in [0.15, 0.2) is 36.2 Å². The summed E-state index contributed by atoms with van der Waals surface area (Å²) in [5.74, 6) is -0.305. The summed E-state index contributed by atoms with van der Waals surface area (Å²) < 4.78 is 65.9. The Morgan fingerprint density at radius 1 is 1.34 bits per heavy atom. The summed E-state index contributed by atoms with van der Waals surface area (Å²) in [5, 5.41) is 14.8. The molecule has 4 fully saturated rings. The van der Waals surface area contributed by atoms with Gasteiger partial charge in [0, 0.05) is 53.7 Å². The van der Waals surface area contributed by atoms with Gasteiger partial charge >= 0.3 is 6.01 Å². The van der Waals surface area contributed by atoms with Gasteiger partial charge in [-0.3, -0.25) is 4.90 Å². The van der Waals surface area contributed by atoms with E-state index >= 15 is 4.39 Å². The molecule has 0 unspecified atom stereocenters. The van der Waals surface area contributed by atoms with Crippen molar-refractivity contribution in [2.24, 2.45) is 0 Å². The molecular formula is C34H34ClF2N7O2S. The molecule has 2 aromatic carbocycles. The molecule has 0 spiro atoms. The van der Waals surface area contributed by atoms with E-state index in [4.69, 9.17) is 35.9 Å². The lowest BCUT2D eigenvalue weighted by Crippen LogP contribution is -2.61. The highest BCUT2D eigenvalue weighted by atomic mass is 35.5. The molecule has 4 aromatic rings. The number of nitrogens with two attached hydrogens (primary N) is 1. The number of nitrogens with one attached hydrogen (secondary N) is 1. The van der Waals surface area contributed by atoms with Gasteiger partial charge in [-0.25, -0.2) is 8.78 Å². The zero-order valence-corrected chi connectivity index (χ0v) is 27.0. The molecular weight excluding hydrogens is 644 g/mol. The molecule has 2 aromatic heterocycles. The second-order valence-corrected chi connectivity index (χ2v) is 14.7. The highest BCUT2D eigenvalue weighted by Crippen LogP contribution is 2.46. The maximum atomic E-state index is 17.1. The molecule has 0 amide bonds. The van der Waals surface area contributed by atoms with Crippen LogP contribution in [-0.4, -0.2) is 78.4 Å². The number of thiophene rings is 1. The van der Waals surface area contributed by atoms with Crippen LogP contribution in [0.1, 0.15) is 41.8 Å². The van der Waals surface area contributed by atoms with E-state index < -0.39 is 23.9 Å². The smallest absolute Gasteiger partial charge is 0.319 e. The fourth-order valence-corrected chi connectivity index (χ4v) is 9.54. The quantitative estimate of drug-likeness (QED) is 0.236. The first kappa shape index (κ1) is 27.4. The van der Waals surface area contributed by atoms with Crippen LogP contribution in [0.4, 0.5) is 19.6 Å². The molecule has 3 atom stereocenters. The Labute approximate surface area is 284 Å². The molecule has 8 rings (SSSR count). The third-order valence-corrected chi connectivity index (χ3v) is 11.6. The summed E-state index contributed by atoms with van der Waals surface area (Å²) in [6, 6.07) is 9.06. The number of fused-ring (bicyclic) bond motifs is 5. The molecule has 4 saturated heterocycles. The molecule has 3 N–H and O–H groups in total. The van der Waals surface area contributed by atoms with Gasteiger partial charge in [0.2, 0.25) is 0 Å². The normalized spacial score (nSPS) is 27.7. The summed E-state index contributed by atoms with van der Waals surface area (Å²) in [5.41, 5.74) is 6.54. The Morgan fingerprint density at radius 2 is 2.23 bits per heavy atom. The second kappa shape index (κ2) is 11.5. The third-order valence-electron chi connectivity index (χ3n) is 10.3. The lowest BCUT2D eigenvalue weighted by Gasteiger charge is -2.42. The van der Waals surface area contributed by atoms with Crippen molar-refractivity contribution in [3.8, 4) is 23.2 Å². The summed E-state index contributed by atoms with van der Waals surface area (Å²) in [6.45, 7) is 2.37. The van der Waals surface area contributed by atoms with Gasteiger partial charge < -0.3 is 25.4 Å². The van der Waals surface area contributed by atoms with Crippen LogP contribution < -0.4 is 20.7 Å². The highest BCUT2D eigenvalue weighted by molar-refractivity contribution is 7.23. The number of nitriles is 1. The van der Waals surface area contributed by atoms with E-state index in [2.05, 4.69) is 21.3 Å². The standard InChI is InChI=1S/C34H34ClF2N7O2S/c1-45-17-33-8-6-20(42-33)15-43(16-33)31-22-10-24(35)27(21-4-2-5-25-26(21)23(13-38)30(39)47-25)28(37)29(22)40-32(41-31)46-18-34-7-3-9-44(34)14-19(11-34)12-36/h2,4-5,10,12,20,42H,3,6-9,11,14-18,39H2,1H3/b19-12-/t20-,33+,34-/m0/s1/i1D3. The number of hydrogen-bond acceptors (Lipinski definition) is 10. The van der Waals surface area contributed by atoms with Crippen molar-refractivity contribution in [3.63, 3.8) is 0 Å². The van der Waals surface area contributed by atoms with E-state index in [1.54, 1.807) is 18.2 Å². The maximum absolute atomic E-state index is 17.1. The number of piperazine rings is 1. The molecule has 13 heteroatoms. The molecule has 6 heterocycles. The molecule has 2 bridgehead atoms. The number of nitrogen functional groups attached to an aromatic ring is 1. The molecule has 0 radical (unpaired) electrons. The highest BCUT2D eigenvalue weighted by Gasteiger charge is 2.48. The first-order valence-electron chi connectivity index (χ1n) is 17.2. The van der Waals surface area contributed by atoms with Gasteiger partial charge in [-0.2, -0.15) is 15.2 Å². The Kier molecular flexibility index (Phi) is 6.71. The summed E-state index contributed by atoms with van der Waals surface area (Å²) in [6.07, 6.45) is 4.46. The van der Waals surface area contributed by atoms with Gasteiger partial charge in [0.05, 0.1) is 38.7 Å². The Balaban J connectivity index is 1.26. The van der Waals surface area contributed by atoms with E-state index in [9.17, 15) is 9.65 Å². The lowest BCUT2D eigenvalue weighted by atomic mass is 9.94. The van der Waals surface area contributed by atoms with Crippen LogP contribution in [0.2, 0.25) is 5.02 Å². The number of aromatic nitrogens is 2. The van der Waals surface area contributed by atoms with E-state index in [1.807, 2.05) is 11.0 Å². The van der Waals surface area contributed by atoms with Crippen LogP contribution in [0, 0.1) is 17.1 Å². The predicted octanol–water partition coefficient (Wildman–Crippen LogP) is 6.19. The molecule has 4 aliphatic rings. The number of ether oxygens (including phenoxy) is 2. The molecule has 47 heavy (non-hydrogen) atoms. The third kappa shape index (κ3) is 4.94. The number of nitrogens with zero attached hydrogens (tertiary/aromatic N) is 5. The zero-order valence-electron chi connectivity index (χ0n) is 28.4. The van der Waals surface area contributed by atoms with Gasteiger partial charge in [-0.05, 0) is 61.9 Å². The van der Waals surface area contributed by atoms with Crippen LogP contribution in [-0.2, 0) is 4.74 Å². The Bertz CT molecular complexity index is 2110. The van der Waals surface area contributed by atoms with Crippen LogP contribution in [0.25, 0.3) is 32.1 Å². The predicted molar refractivity (Wildman–Crippen MR) is 180 cm³/mol. The number of benzene rings is 2. The lowest BCUT2D eigenvalue weighted by molar-refractivity contribution is 0.107. The van der Waals surface area contributed by atoms with E-state index in [-0.39, 0.29) is 46.9 Å². The van der Waals surface area contributed by atoms with Crippen LogP contribution >= 0.6 is 22.9 Å². The van der Waals surface area contributed by atoms with Gasteiger partial charge in [-0.15, -0.1) is 11.3 Å². The first-order chi connectivity index (χ1) is 23.9. The average molecular weight is 681 g/mol. The minimum absolute atomic E-state index is 0.0133. The van der Waals surface area contributed by atoms with Crippen molar-refractivity contribution in [3.05, 3.63) is 52.6 Å². The van der Waals surface area contributed by atoms with Gasteiger partial charge in [0.15, 0.2) is 5.82 Å². The summed E-state index contributed by atoms with van der Waals surface area (Å²) in [7, 11) is -2.56. The first-order valence-corrected chi connectivity index (χ1v) is 16.8. The minimum Gasteiger partial charge on any atom is -0.461 e. The fraction of sp³-hybridized carbons (Fsp3) is 0.441. The molecule has 0 aliphatic carbocycles. The van der Waals surface area contributed by atoms with Crippen molar-refractivity contribution < 1.29 is 22.4 Å². The largest absolute Gasteiger partial charge is 0.461 e. The van der Waals surface area contributed by atoms with Crippen molar-refractivity contribution in [1.29, 1.82) is 5.26 Å². The van der Waals surface area contributed by atoms with Crippen molar-refractivity contribution in [1.82, 2.24) is 20.2 Å². The van der Waals surface area contributed by atoms with Crippen molar-refractivity contribution in [2.75, 3.05) is 57.1 Å². The van der Waals surface area contributed by atoms with Gasteiger partial charge in [0.25, 0.3) is 0 Å². The molecule has 244 valence electrons. The number of anilines is 2. The average Bonchev–Trinajstić information content (AvgIpc) is 3.81. The maximum Gasteiger partial charge on any atom is 0.319 e. The van der Waals surface area contributed by atoms with Crippen LogP contribution in [0.3, 0.4) is 0 Å². The summed E-state index contributed by atoms with van der Waals surface area (Å²) >= 11 is 8.18. The van der Waals surface area contributed by atoms with E-state index in [1.165, 1.54) is 11.3 Å². The molecule has 9 nitrogen and oxygen atoms in total. The summed E-state index contributed by atoms with van der Waals surface area (Å²) in [4.78, 5) is 13.7. The van der Waals surface area contributed by atoms with E-state index in [0.717, 1.165) is 30.5 Å². The molecule has 0 saturated carbocycles. The second-order valence-electron chi connectivity index (χ2n) is 13.2. The number of halogens is 3. The van der Waals surface area contributed by atoms with Crippen LogP contribution in [0.5, 0.6) is 6.01 Å². The monoisotopic (exact) mass is 680 g/mol. The SMILES string of the molecule is [2H]C([2H])([2H])OC[C@@]12CC[C@@H](CN(c3nc(OC[C@@]45CCCN4C/C(=C\F)C5)nc4c(F)c(-c5cccc6sc(N)c(C#N)c56)c(Cl)cc34)C1)N2. The Hall–Kier alpha value is -3.60. The number of methoxy groups -OCH3 is 1. The van der Waals surface area contributed by atoms with Gasteiger partial charge in [-0.1, -0.05) is 23.7 Å². The Morgan fingerprint density at radius 3 is 3.06 bits per heavy atom. The minimum atomic E-state index is -2.56. The molecule has 4 aliphatic heterocycles. The number of hydrogen-bond donors (Lipinski definition) is 2. The van der Waals surface area contributed by atoms with Crippen molar-refractivity contribution in [2.45, 2.75) is 49.2 Å². The topological polar surface area (TPSA) is 113 Å². The van der Waals surface area contributed by atoms with E-state index in [0.29, 0.717) is 71.5 Å².